The van der Waals surface area contributed by atoms with Gasteiger partial charge in [-0.1, -0.05) is 31.0 Å². The molecule has 4 nitrogen and oxygen atoms in total. The lowest BCUT2D eigenvalue weighted by atomic mass is 9.95. The fourth-order valence-electron chi connectivity index (χ4n) is 2.86. The summed E-state index contributed by atoms with van der Waals surface area (Å²) in [4.78, 5) is 16.4. The Kier molecular flexibility index (Phi) is 5.13. The first-order chi connectivity index (χ1) is 9.54. The van der Waals surface area contributed by atoms with Crippen LogP contribution in [0.15, 0.2) is 5.16 Å². The third kappa shape index (κ3) is 3.19. The summed E-state index contributed by atoms with van der Waals surface area (Å²) in [7, 11) is 1.68. The van der Waals surface area contributed by atoms with Gasteiger partial charge in [-0.15, -0.1) is 0 Å². The van der Waals surface area contributed by atoms with Crippen molar-refractivity contribution in [1.82, 2.24) is 14.9 Å². The van der Waals surface area contributed by atoms with Crippen molar-refractivity contribution in [3.05, 3.63) is 11.4 Å². The minimum Gasteiger partial charge on any atom is -0.358 e. The average molecular weight is 295 g/mol. The first-order valence-corrected chi connectivity index (χ1v) is 8.36. The molecule has 1 saturated carbocycles. The SMILES string of the molecule is CNC(=O)C(C)Sc1nc(C)c(C)n1C1CCCCC1. The smallest absolute Gasteiger partial charge is 0.233 e. The number of nitrogens with one attached hydrogen (secondary N) is 1. The Morgan fingerprint density at radius 3 is 2.60 bits per heavy atom. The highest BCUT2D eigenvalue weighted by Crippen LogP contribution is 2.35. The Morgan fingerprint density at radius 1 is 1.35 bits per heavy atom. The summed E-state index contributed by atoms with van der Waals surface area (Å²) < 4.78 is 2.37. The van der Waals surface area contributed by atoms with Crippen LogP contribution in [0.4, 0.5) is 0 Å². The number of amides is 1. The Balaban J connectivity index is 2.23. The lowest BCUT2D eigenvalue weighted by Gasteiger charge is -2.26. The van der Waals surface area contributed by atoms with Gasteiger partial charge in [-0.3, -0.25) is 4.79 Å². The maximum absolute atomic E-state index is 11.7. The van der Waals surface area contributed by atoms with Crippen molar-refractivity contribution in [2.24, 2.45) is 0 Å². The van der Waals surface area contributed by atoms with E-state index in [1.807, 2.05) is 6.92 Å². The molecule has 1 amide bonds. The van der Waals surface area contributed by atoms with E-state index in [2.05, 4.69) is 28.7 Å². The molecular weight excluding hydrogens is 270 g/mol. The minimum absolute atomic E-state index is 0.0588. The van der Waals surface area contributed by atoms with E-state index in [0.29, 0.717) is 6.04 Å². The normalized spacial score (nSPS) is 18.0. The van der Waals surface area contributed by atoms with Crippen molar-refractivity contribution in [2.75, 3.05) is 7.05 Å². The number of thioether (sulfide) groups is 1. The van der Waals surface area contributed by atoms with Crippen molar-refractivity contribution in [3.8, 4) is 0 Å². The summed E-state index contributed by atoms with van der Waals surface area (Å²) in [5.74, 6) is 0.0588. The standard InChI is InChI=1S/C15H25N3OS/c1-10-11(2)18(13-8-6-5-7-9-13)15(17-10)20-12(3)14(19)16-4/h12-13H,5-9H2,1-4H3,(H,16,19). The van der Waals surface area contributed by atoms with Gasteiger partial charge in [0.15, 0.2) is 5.16 Å². The summed E-state index contributed by atoms with van der Waals surface area (Å²) >= 11 is 1.57. The molecule has 0 spiro atoms. The van der Waals surface area contributed by atoms with Gasteiger partial charge in [0.1, 0.15) is 0 Å². The van der Waals surface area contributed by atoms with Crippen LogP contribution in [-0.4, -0.2) is 27.8 Å². The first kappa shape index (κ1) is 15.4. The second-order valence-corrected chi connectivity index (χ2v) is 6.91. The van der Waals surface area contributed by atoms with Gasteiger partial charge < -0.3 is 9.88 Å². The quantitative estimate of drug-likeness (QED) is 0.868. The lowest BCUT2D eigenvalue weighted by molar-refractivity contribution is -0.119. The Hall–Kier alpha value is -0.970. The van der Waals surface area contributed by atoms with E-state index in [1.165, 1.54) is 37.8 Å². The van der Waals surface area contributed by atoms with Gasteiger partial charge in [-0.2, -0.15) is 0 Å². The van der Waals surface area contributed by atoms with E-state index in [-0.39, 0.29) is 11.2 Å². The molecule has 1 aliphatic rings. The van der Waals surface area contributed by atoms with Gasteiger partial charge >= 0.3 is 0 Å². The maximum atomic E-state index is 11.7. The van der Waals surface area contributed by atoms with E-state index < -0.39 is 0 Å². The Morgan fingerprint density at radius 2 is 2.00 bits per heavy atom. The van der Waals surface area contributed by atoms with Crippen LogP contribution in [0.25, 0.3) is 0 Å². The van der Waals surface area contributed by atoms with Crippen molar-refractivity contribution >= 4 is 17.7 Å². The molecule has 112 valence electrons. The largest absolute Gasteiger partial charge is 0.358 e. The van der Waals surface area contributed by atoms with Crippen LogP contribution < -0.4 is 5.32 Å². The van der Waals surface area contributed by atoms with Gasteiger partial charge in [0.25, 0.3) is 0 Å². The van der Waals surface area contributed by atoms with Crippen molar-refractivity contribution in [2.45, 2.75) is 69.3 Å². The highest BCUT2D eigenvalue weighted by molar-refractivity contribution is 8.00. The number of rotatable bonds is 4. The third-order valence-electron chi connectivity index (χ3n) is 4.19. The number of carbonyl (C=O) groups is 1. The second kappa shape index (κ2) is 6.66. The molecule has 1 atom stereocenters. The Labute approximate surface area is 125 Å². The number of imidazole rings is 1. The van der Waals surface area contributed by atoms with Crippen LogP contribution in [0.1, 0.15) is 56.5 Å². The summed E-state index contributed by atoms with van der Waals surface area (Å²) in [6.07, 6.45) is 6.42. The molecule has 1 aromatic rings. The highest BCUT2D eigenvalue weighted by Gasteiger charge is 2.24. The van der Waals surface area contributed by atoms with Crippen molar-refractivity contribution < 1.29 is 4.79 Å². The molecule has 1 N–H and O–H groups in total. The molecule has 1 fully saturated rings. The molecule has 1 aliphatic carbocycles. The minimum atomic E-state index is -0.108. The average Bonchev–Trinajstić information content (AvgIpc) is 2.73. The van der Waals surface area contributed by atoms with Gasteiger partial charge in [0.2, 0.25) is 5.91 Å². The zero-order valence-corrected chi connectivity index (χ0v) is 13.7. The van der Waals surface area contributed by atoms with E-state index in [4.69, 9.17) is 0 Å². The fourth-order valence-corrected chi connectivity index (χ4v) is 3.99. The molecule has 0 aliphatic heterocycles. The van der Waals surface area contributed by atoms with Crippen LogP contribution in [0.5, 0.6) is 0 Å². The monoisotopic (exact) mass is 295 g/mol. The number of carbonyl (C=O) groups excluding carboxylic acids is 1. The van der Waals surface area contributed by atoms with Crippen LogP contribution in [0.2, 0.25) is 0 Å². The van der Waals surface area contributed by atoms with Crippen molar-refractivity contribution in [3.63, 3.8) is 0 Å². The summed E-state index contributed by atoms with van der Waals surface area (Å²) in [5.41, 5.74) is 2.34. The molecule has 0 aromatic carbocycles. The number of aromatic nitrogens is 2. The predicted octanol–water partition coefficient (Wildman–Crippen LogP) is 3.23. The zero-order chi connectivity index (χ0) is 14.7. The molecule has 5 heteroatoms. The lowest BCUT2D eigenvalue weighted by Crippen LogP contribution is -2.27. The van der Waals surface area contributed by atoms with Gasteiger partial charge in [-0.25, -0.2) is 4.98 Å². The number of hydrogen-bond acceptors (Lipinski definition) is 3. The predicted molar refractivity (Wildman–Crippen MR) is 83.2 cm³/mol. The first-order valence-electron chi connectivity index (χ1n) is 7.48. The van der Waals surface area contributed by atoms with E-state index in [1.54, 1.807) is 18.8 Å². The summed E-state index contributed by atoms with van der Waals surface area (Å²) in [6, 6.07) is 0.560. The van der Waals surface area contributed by atoms with Gasteiger partial charge in [0, 0.05) is 18.8 Å². The third-order valence-corrected chi connectivity index (χ3v) is 5.26. The number of hydrogen-bond donors (Lipinski definition) is 1. The van der Waals surface area contributed by atoms with Gasteiger partial charge in [-0.05, 0) is 33.6 Å². The summed E-state index contributed by atoms with van der Waals surface area (Å²) in [6.45, 7) is 6.14. The molecule has 0 radical (unpaired) electrons. The maximum Gasteiger partial charge on any atom is 0.233 e. The van der Waals surface area contributed by atoms with Crippen molar-refractivity contribution in [1.29, 1.82) is 0 Å². The number of aryl methyl sites for hydroxylation is 1. The number of nitrogens with zero attached hydrogens (tertiary/aromatic N) is 2. The topological polar surface area (TPSA) is 46.9 Å². The Bertz CT molecular complexity index is 478. The summed E-state index contributed by atoms with van der Waals surface area (Å²) in [5, 5.41) is 3.60. The van der Waals surface area contributed by atoms with Crippen LogP contribution >= 0.6 is 11.8 Å². The molecule has 1 heterocycles. The van der Waals surface area contributed by atoms with E-state index in [0.717, 1.165) is 10.9 Å². The van der Waals surface area contributed by atoms with Crippen LogP contribution in [0, 0.1) is 13.8 Å². The van der Waals surface area contributed by atoms with Crippen LogP contribution in [-0.2, 0) is 4.79 Å². The molecule has 0 bridgehead atoms. The van der Waals surface area contributed by atoms with E-state index in [9.17, 15) is 4.79 Å². The molecular formula is C15H25N3OS. The zero-order valence-electron chi connectivity index (χ0n) is 12.9. The highest BCUT2D eigenvalue weighted by atomic mass is 32.2. The van der Waals surface area contributed by atoms with E-state index >= 15 is 0 Å². The second-order valence-electron chi connectivity index (χ2n) is 5.60. The van der Waals surface area contributed by atoms with Gasteiger partial charge in [0.05, 0.1) is 10.9 Å². The fraction of sp³-hybridized carbons (Fsp3) is 0.733. The molecule has 1 unspecified atom stereocenters. The van der Waals surface area contributed by atoms with Crippen LogP contribution in [0.3, 0.4) is 0 Å². The molecule has 0 saturated heterocycles. The molecule has 20 heavy (non-hydrogen) atoms. The molecule has 1 aromatic heterocycles. The molecule has 2 rings (SSSR count).